The number of esters is 1. The Morgan fingerprint density at radius 1 is 1.16 bits per heavy atom. The Morgan fingerprint density at radius 3 is 2.43 bits per heavy atom. The molecule has 3 heterocycles. The molecule has 14 nitrogen and oxygen atoms in total. The second kappa shape index (κ2) is 12.0. The van der Waals surface area contributed by atoms with Gasteiger partial charge < -0.3 is 43.4 Å². The zero-order valence-electron chi connectivity index (χ0n) is 23.9. The predicted molar refractivity (Wildman–Crippen MR) is 156 cm³/mol. The molecule has 44 heavy (non-hydrogen) atoms. The van der Waals surface area contributed by atoms with E-state index in [-0.39, 0.29) is 60.6 Å². The standard InChI is InChI=1S/C27H34FN3O11P2/c1-3-9-42-27(34)18-13-31(16-6-7-16)23-17(25(18)33)10-19(28)24(26(23)41-2)29-12-15-5-4-8-30(20(15)14-29)21(32)11-22(43(35,36)37)44(38,39)40/h3,10,13,15-16,20,22H,1,4-9,11-12,14H2,2H3,(H2,35,36,37)(H2,38,39,40)/t15-,20+/m0/s1. The zero-order chi connectivity index (χ0) is 32.1. The van der Waals surface area contributed by atoms with Crippen LogP contribution < -0.4 is 15.1 Å². The third-order valence-electron chi connectivity index (χ3n) is 8.45. The first-order valence-electron chi connectivity index (χ1n) is 14.1. The number of methoxy groups -OCH3 is 1. The lowest BCUT2D eigenvalue weighted by molar-refractivity contribution is -0.135. The lowest BCUT2D eigenvalue weighted by Crippen LogP contribution is -2.49. The molecule has 1 amide bonds. The number of amides is 1. The Kier molecular flexibility index (Phi) is 8.84. The number of halogens is 1. The Morgan fingerprint density at radius 2 is 1.84 bits per heavy atom. The number of hydrogen-bond donors (Lipinski definition) is 4. The van der Waals surface area contributed by atoms with Crippen LogP contribution in [0.3, 0.4) is 0 Å². The highest BCUT2D eigenvalue weighted by molar-refractivity contribution is 7.70. The Labute approximate surface area is 251 Å². The second-order valence-electron chi connectivity index (χ2n) is 11.4. The van der Waals surface area contributed by atoms with Gasteiger partial charge in [0.1, 0.15) is 17.9 Å². The summed E-state index contributed by atoms with van der Waals surface area (Å²) in [6.45, 7) is 3.98. The van der Waals surface area contributed by atoms with Crippen LogP contribution in [0.1, 0.15) is 48.5 Å². The summed E-state index contributed by atoms with van der Waals surface area (Å²) in [5, 5.41) is -2.52. The van der Waals surface area contributed by atoms with Gasteiger partial charge in [0, 0.05) is 31.9 Å². The minimum Gasteiger partial charge on any atom is -0.492 e. The number of likely N-dealkylation sites (tertiary alicyclic amines) is 1. The molecule has 0 radical (unpaired) electrons. The summed E-state index contributed by atoms with van der Waals surface area (Å²) in [6, 6.07) is 0.480. The molecule has 3 fully saturated rings. The molecule has 2 saturated heterocycles. The molecule has 17 heteroatoms. The van der Waals surface area contributed by atoms with Crippen LogP contribution in [0.15, 0.2) is 29.7 Å². The van der Waals surface area contributed by atoms with Gasteiger partial charge in [-0.3, -0.25) is 18.7 Å². The number of fused-ring (bicyclic) bond motifs is 2. The maximum Gasteiger partial charge on any atom is 0.343 e. The molecule has 0 bridgehead atoms. The van der Waals surface area contributed by atoms with Crippen LogP contribution in [0.25, 0.3) is 10.9 Å². The van der Waals surface area contributed by atoms with Crippen molar-refractivity contribution in [3.8, 4) is 5.75 Å². The summed E-state index contributed by atoms with van der Waals surface area (Å²) < 4.78 is 52.1. The summed E-state index contributed by atoms with van der Waals surface area (Å²) in [7, 11) is -9.27. The molecule has 5 rings (SSSR count). The zero-order valence-corrected chi connectivity index (χ0v) is 25.7. The van der Waals surface area contributed by atoms with E-state index in [1.807, 2.05) is 0 Å². The maximum absolute atomic E-state index is 16.0. The fourth-order valence-electron chi connectivity index (χ4n) is 6.31. The SMILES string of the molecule is C=CCOC(=O)c1cn(C2CC2)c2c(OC)c(N3C[C@@H]4CCCN(C(=O)CC(P(=O)(O)O)P(=O)(O)O)[C@@H]4C3)c(F)cc2c1=O. The molecule has 1 saturated carbocycles. The summed E-state index contributed by atoms with van der Waals surface area (Å²) in [4.78, 5) is 80.4. The van der Waals surface area contributed by atoms with Crippen LogP contribution in [0, 0.1) is 11.7 Å². The lowest BCUT2D eigenvalue weighted by Gasteiger charge is -2.37. The first-order chi connectivity index (χ1) is 20.7. The normalized spacial score (nSPS) is 20.6. The van der Waals surface area contributed by atoms with Crippen LogP contribution in [0.4, 0.5) is 10.1 Å². The highest BCUT2D eigenvalue weighted by Gasteiger charge is 2.48. The molecular weight excluding hydrogens is 623 g/mol. The number of carbonyl (C=O) groups is 2. The molecule has 2 aliphatic heterocycles. The number of hydrogen-bond acceptors (Lipinski definition) is 8. The van der Waals surface area contributed by atoms with Crippen molar-refractivity contribution in [1.82, 2.24) is 9.47 Å². The number of pyridine rings is 1. The van der Waals surface area contributed by atoms with E-state index in [2.05, 4.69) is 6.58 Å². The highest BCUT2D eigenvalue weighted by atomic mass is 31.2. The van der Waals surface area contributed by atoms with Gasteiger partial charge in [-0.15, -0.1) is 0 Å². The summed E-state index contributed by atoms with van der Waals surface area (Å²) in [5.41, 5.74) is -0.594. The molecule has 0 unspecified atom stereocenters. The molecule has 2 aromatic rings. The number of anilines is 1. The van der Waals surface area contributed by atoms with Crippen molar-refractivity contribution in [1.29, 1.82) is 0 Å². The first kappa shape index (κ1) is 32.3. The van der Waals surface area contributed by atoms with Crippen molar-refractivity contribution in [2.75, 3.05) is 38.3 Å². The van der Waals surface area contributed by atoms with Gasteiger partial charge >= 0.3 is 21.2 Å². The highest BCUT2D eigenvalue weighted by Crippen LogP contribution is 2.61. The third kappa shape index (κ3) is 6.09. The quantitative estimate of drug-likeness (QED) is 0.166. The number of rotatable bonds is 10. The molecule has 1 aromatic heterocycles. The van der Waals surface area contributed by atoms with E-state index in [1.54, 1.807) is 9.47 Å². The van der Waals surface area contributed by atoms with Gasteiger partial charge in [0.05, 0.1) is 30.5 Å². The Hall–Kier alpha value is -3.06. The fourth-order valence-corrected chi connectivity index (χ4v) is 8.67. The second-order valence-corrected chi connectivity index (χ2v) is 15.4. The Bertz CT molecular complexity index is 1640. The number of piperidine rings is 1. The topological polar surface area (TPSA) is 196 Å². The predicted octanol–water partition coefficient (Wildman–Crippen LogP) is 2.33. The van der Waals surface area contributed by atoms with E-state index in [1.165, 1.54) is 24.3 Å². The average molecular weight is 658 g/mol. The van der Waals surface area contributed by atoms with Gasteiger partial charge in [-0.05, 0) is 37.7 Å². The van der Waals surface area contributed by atoms with Gasteiger partial charge in [0.25, 0.3) is 0 Å². The number of nitrogens with zero attached hydrogens (tertiary/aromatic N) is 3. The largest absolute Gasteiger partial charge is 0.492 e. The van der Waals surface area contributed by atoms with Crippen molar-refractivity contribution in [2.24, 2.45) is 5.92 Å². The molecule has 4 N–H and O–H groups in total. The van der Waals surface area contributed by atoms with Crippen LogP contribution in [-0.4, -0.2) is 85.7 Å². The number of benzene rings is 1. The molecule has 240 valence electrons. The van der Waals surface area contributed by atoms with Crippen molar-refractivity contribution >= 4 is 43.7 Å². The summed E-state index contributed by atoms with van der Waals surface area (Å²) in [5.74, 6) is -2.56. The average Bonchev–Trinajstić information content (AvgIpc) is 3.70. The van der Waals surface area contributed by atoms with Gasteiger partial charge in [-0.1, -0.05) is 12.7 Å². The van der Waals surface area contributed by atoms with Crippen LogP contribution >= 0.6 is 15.2 Å². The Balaban J connectivity index is 1.52. The smallest absolute Gasteiger partial charge is 0.343 e. The van der Waals surface area contributed by atoms with E-state index < -0.39 is 56.2 Å². The summed E-state index contributed by atoms with van der Waals surface area (Å²) >= 11 is 0. The molecule has 2 atom stereocenters. The summed E-state index contributed by atoms with van der Waals surface area (Å²) in [6.07, 6.45) is 4.45. The van der Waals surface area contributed by atoms with Crippen LogP contribution in [0.2, 0.25) is 0 Å². The van der Waals surface area contributed by atoms with Gasteiger partial charge in [0.15, 0.2) is 17.0 Å². The van der Waals surface area contributed by atoms with Crippen molar-refractivity contribution < 1.29 is 52.2 Å². The number of ether oxygens (including phenoxy) is 2. The molecule has 3 aliphatic rings. The van der Waals surface area contributed by atoms with E-state index in [0.717, 1.165) is 18.9 Å². The number of carbonyl (C=O) groups excluding carboxylic acids is 2. The monoisotopic (exact) mass is 657 g/mol. The van der Waals surface area contributed by atoms with E-state index in [4.69, 9.17) is 9.47 Å². The van der Waals surface area contributed by atoms with Crippen molar-refractivity contribution in [2.45, 2.75) is 49.6 Å². The molecular formula is C27H34FN3O11P2. The van der Waals surface area contributed by atoms with Crippen LogP contribution in [-0.2, 0) is 18.7 Å². The lowest BCUT2D eigenvalue weighted by atomic mass is 9.92. The van der Waals surface area contributed by atoms with E-state index >= 15 is 4.39 Å². The number of aromatic nitrogens is 1. The van der Waals surface area contributed by atoms with Gasteiger partial charge in [-0.25, -0.2) is 9.18 Å². The minimum absolute atomic E-state index is 0.0541. The first-order valence-corrected chi connectivity index (χ1v) is 17.4. The van der Waals surface area contributed by atoms with Crippen molar-refractivity contribution in [3.63, 3.8) is 0 Å². The van der Waals surface area contributed by atoms with Crippen molar-refractivity contribution in [3.05, 3.63) is 46.5 Å². The molecule has 1 aromatic carbocycles. The molecule has 1 aliphatic carbocycles. The van der Waals surface area contributed by atoms with E-state index in [9.17, 15) is 43.1 Å². The van der Waals surface area contributed by atoms with Gasteiger partial charge in [0.2, 0.25) is 11.3 Å². The molecule has 0 spiro atoms. The third-order valence-corrected chi connectivity index (χ3v) is 12.2. The minimum atomic E-state index is -5.31. The fraction of sp³-hybridized carbons (Fsp3) is 0.519. The van der Waals surface area contributed by atoms with Gasteiger partial charge in [-0.2, -0.15) is 0 Å². The van der Waals surface area contributed by atoms with Crippen LogP contribution in [0.5, 0.6) is 5.75 Å². The van der Waals surface area contributed by atoms with E-state index in [0.29, 0.717) is 18.4 Å². The maximum atomic E-state index is 16.0.